The Labute approximate surface area is 135 Å². The van der Waals surface area contributed by atoms with Crippen molar-refractivity contribution in [2.45, 2.75) is 6.43 Å². The van der Waals surface area contributed by atoms with Crippen molar-refractivity contribution in [3.05, 3.63) is 66.0 Å². The van der Waals surface area contributed by atoms with Crippen LogP contribution in [-0.2, 0) is 0 Å². The van der Waals surface area contributed by atoms with Crippen molar-refractivity contribution in [1.29, 1.82) is 5.26 Å². The molecule has 6 heteroatoms. The molecule has 0 unspecified atom stereocenters. The van der Waals surface area contributed by atoms with E-state index in [0.717, 1.165) is 20.9 Å². The van der Waals surface area contributed by atoms with E-state index < -0.39 is 6.43 Å². The molecular weight excluding hydrogens is 310 g/mol. The highest BCUT2D eigenvalue weighted by molar-refractivity contribution is 5.96. The molecule has 2 aromatic heterocycles. The minimum atomic E-state index is -2.73. The minimum absolute atomic E-state index is 0.137. The molecule has 0 saturated carbocycles. The van der Waals surface area contributed by atoms with Gasteiger partial charge in [0.05, 0.1) is 11.9 Å². The number of halogens is 2. The van der Waals surface area contributed by atoms with Crippen molar-refractivity contribution in [2.75, 3.05) is 0 Å². The summed E-state index contributed by atoms with van der Waals surface area (Å²) < 4.78 is 27.9. The Hall–Kier alpha value is -3.33. The lowest BCUT2D eigenvalue weighted by atomic mass is 10.0. The highest BCUT2D eigenvalue weighted by Crippen LogP contribution is 2.31. The van der Waals surface area contributed by atoms with Crippen LogP contribution in [0, 0.1) is 11.3 Å². The van der Waals surface area contributed by atoms with Crippen LogP contribution in [0.2, 0.25) is 0 Å². The molecule has 116 valence electrons. The first-order valence-electron chi connectivity index (χ1n) is 7.24. The molecule has 0 aliphatic carbocycles. The van der Waals surface area contributed by atoms with Crippen LogP contribution in [0.5, 0.6) is 0 Å². The molecule has 2 aromatic carbocycles. The number of nitriles is 1. The van der Waals surface area contributed by atoms with Crippen LogP contribution >= 0.6 is 0 Å². The van der Waals surface area contributed by atoms with E-state index in [-0.39, 0.29) is 16.9 Å². The summed E-state index contributed by atoms with van der Waals surface area (Å²) in [6.45, 7) is 0. The number of rotatable bonds is 2. The van der Waals surface area contributed by atoms with Gasteiger partial charge in [-0.25, -0.2) is 18.3 Å². The van der Waals surface area contributed by atoms with Gasteiger partial charge in [-0.3, -0.25) is 0 Å². The SMILES string of the molecule is N#Cc1cnn2c(C(F)F)cc(-c3cccc4ccccc34)nc12. The van der Waals surface area contributed by atoms with Gasteiger partial charge in [-0.15, -0.1) is 0 Å². The third-order valence-corrected chi connectivity index (χ3v) is 3.91. The van der Waals surface area contributed by atoms with Crippen molar-refractivity contribution in [3.8, 4) is 17.3 Å². The molecule has 0 bridgehead atoms. The zero-order chi connectivity index (χ0) is 16.7. The Morgan fingerprint density at radius 3 is 2.67 bits per heavy atom. The Balaban J connectivity index is 2.08. The molecule has 2 heterocycles. The molecular formula is C18H10F2N4. The smallest absolute Gasteiger partial charge is 0.227 e. The number of benzene rings is 2. The van der Waals surface area contributed by atoms with Crippen LogP contribution in [0.15, 0.2) is 54.7 Å². The van der Waals surface area contributed by atoms with Gasteiger partial charge in [-0.1, -0.05) is 42.5 Å². The van der Waals surface area contributed by atoms with Crippen LogP contribution in [0.4, 0.5) is 8.78 Å². The molecule has 0 spiro atoms. The van der Waals surface area contributed by atoms with E-state index in [1.165, 1.54) is 12.3 Å². The maximum absolute atomic E-state index is 13.4. The van der Waals surface area contributed by atoms with Gasteiger partial charge in [-0.2, -0.15) is 10.4 Å². The van der Waals surface area contributed by atoms with E-state index >= 15 is 0 Å². The fraction of sp³-hybridized carbons (Fsp3) is 0.0556. The van der Waals surface area contributed by atoms with E-state index in [9.17, 15) is 8.78 Å². The van der Waals surface area contributed by atoms with Crippen molar-refractivity contribution in [3.63, 3.8) is 0 Å². The van der Waals surface area contributed by atoms with Crippen LogP contribution in [0.3, 0.4) is 0 Å². The number of hydrogen-bond donors (Lipinski definition) is 0. The highest BCUT2D eigenvalue weighted by Gasteiger charge is 2.19. The summed E-state index contributed by atoms with van der Waals surface area (Å²) in [7, 11) is 0. The van der Waals surface area contributed by atoms with Crippen LogP contribution < -0.4 is 0 Å². The van der Waals surface area contributed by atoms with Gasteiger partial charge in [0.1, 0.15) is 17.3 Å². The topological polar surface area (TPSA) is 54.0 Å². The van der Waals surface area contributed by atoms with E-state index in [0.29, 0.717) is 5.69 Å². The molecule has 0 aliphatic heterocycles. The number of alkyl halides is 2. The zero-order valence-electron chi connectivity index (χ0n) is 12.3. The van der Waals surface area contributed by atoms with Gasteiger partial charge in [0, 0.05) is 5.56 Å². The van der Waals surface area contributed by atoms with E-state index in [1.807, 2.05) is 48.5 Å². The largest absolute Gasteiger partial charge is 0.280 e. The quantitative estimate of drug-likeness (QED) is 0.551. The first-order valence-corrected chi connectivity index (χ1v) is 7.24. The molecule has 4 aromatic rings. The molecule has 0 amide bonds. The Morgan fingerprint density at radius 1 is 1.08 bits per heavy atom. The molecule has 0 aliphatic rings. The van der Waals surface area contributed by atoms with Crippen LogP contribution in [0.1, 0.15) is 17.7 Å². The second-order valence-corrected chi connectivity index (χ2v) is 5.30. The lowest BCUT2D eigenvalue weighted by Gasteiger charge is -2.10. The second-order valence-electron chi connectivity index (χ2n) is 5.30. The van der Waals surface area contributed by atoms with Gasteiger partial charge in [-0.05, 0) is 16.8 Å². The lowest BCUT2D eigenvalue weighted by Crippen LogP contribution is -2.03. The standard InChI is InChI=1S/C18H10F2N4/c19-17(20)16-8-15(23-18-12(9-21)10-22-24(16)18)14-7-3-5-11-4-1-2-6-13(11)14/h1-8,10,17H. The molecule has 4 nitrogen and oxygen atoms in total. The number of fused-ring (bicyclic) bond motifs is 2. The molecule has 0 N–H and O–H groups in total. The average Bonchev–Trinajstić information content (AvgIpc) is 3.03. The van der Waals surface area contributed by atoms with Gasteiger partial charge >= 0.3 is 0 Å². The molecule has 0 fully saturated rings. The Morgan fingerprint density at radius 2 is 1.88 bits per heavy atom. The predicted molar refractivity (Wildman–Crippen MR) is 85.6 cm³/mol. The summed E-state index contributed by atoms with van der Waals surface area (Å²) in [6, 6.07) is 16.6. The van der Waals surface area contributed by atoms with E-state index in [4.69, 9.17) is 5.26 Å². The molecule has 24 heavy (non-hydrogen) atoms. The maximum Gasteiger partial charge on any atom is 0.280 e. The molecule has 0 saturated heterocycles. The number of nitrogens with zero attached hydrogens (tertiary/aromatic N) is 4. The summed E-state index contributed by atoms with van der Waals surface area (Å²) >= 11 is 0. The summed E-state index contributed by atoms with van der Waals surface area (Å²) in [6.07, 6.45) is -1.48. The van der Waals surface area contributed by atoms with Gasteiger partial charge in [0.25, 0.3) is 6.43 Å². The molecule has 4 rings (SSSR count). The van der Waals surface area contributed by atoms with Crippen LogP contribution in [-0.4, -0.2) is 14.6 Å². The third-order valence-electron chi connectivity index (χ3n) is 3.91. The normalized spacial score (nSPS) is 11.2. The zero-order valence-corrected chi connectivity index (χ0v) is 12.3. The van der Waals surface area contributed by atoms with E-state index in [1.54, 1.807) is 0 Å². The van der Waals surface area contributed by atoms with Crippen molar-refractivity contribution < 1.29 is 8.78 Å². The fourth-order valence-electron chi connectivity index (χ4n) is 2.81. The second kappa shape index (κ2) is 5.39. The first-order chi connectivity index (χ1) is 11.7. The van der Waals surface area contributed by atoms with Gasteiger partial charge in [0.15, 0.2) is 5.65 Å². The summed E-state index contributed by atoms with van der Waals surface area (Å²) in [4.78, 5) is 4.41. The van der Waals surface area contributed by atoms with E-state index in [2.05, 4.69) is 10.1 Å². The first kappa shape index (κ1) is 14.3. The maximum atomic E-state index is 13.4. The predicted octanol–water partition coefficient (Wildman–Crippen LogP) is 4.36. The third kappa shape index (κ3) is 2.10. The number of hydrogen-bond acceptors (Lipinski definition) is 3. The minimum Gasteiger partial charge on any atom is -0.227 e. The monoisotopic (exact) mass is 320 g/mol. The van der Waals surface area contributed by atoms with Crippen LogP contribution in [0.25, 0.3) is 27.7 Å². The summed E-state index contributed by atoms with van der Waals surface area (Å²) in [5.41, 5.74) is 1.15. The lowest BCUT2D eigenvalue weighted by molar-refractivity contribution is 0.143. The molecule has 0 atom stereocenters. The average molecular weight is 320 g/mol. The Kier molecular flexibility index (Phi) is 3.21. The number of aromatic nitrogens is 3. The van der Waals surface area contributed by atoms with Gasteiger partial charge < -0.3 is 0 Å². The van der Waals surface area contributed by atoms with Crippen molar-refractivity contribution in [1.82, 2.24) is 14.6 Å². The fourth-order valence-corrected chi connectivity index (χ4v) is 2.81. The Bertz CT molecular complexity index is 1100. The summed E-state index contributed by atoms with van der Waals surface area (Å²) in [5, 5.41) is 14.9. The summed E-state index contributed by atoms with van der Waals surface area (Å²) in [5.74, 6) is 0. The molecule has 0 radical (unpaired) electrons. The van der Waals surface area contributed by atoms with Gasteiger partial charge in [0.2, 0.25) is 0 Å². The van der Waals surface area contributed by atoms with Crippen molar-refractivity contribution in [2.24, 2.45) is 0 Å². The highest BCUT2D eigenvalue weighted by atomic mass is 19.3. The van der Waals surface area contributed by atoms with Crippen molar-refractivity contribution >= 4 is 16.4 Å².